The fourth-order valence-electron chi connectivity index (χ4n) is 2.62. The topological polar surface area (TPSA) is 32.3 Å². The fraction of sp³-hybridized carbons (Fsp3) is 0.368. The SMILES string of the molecule is CCCc1ccc(C(C)NC(C)c2cccc(O)c2)cc1. The number of aryl methyl sites for hydroxylation is 1. The van der Waals surface area contributed by atoms with E-state index in [4.69, 9.17) is 0 Å². The summed E-state index contributed by atoms with van der Waals surface area (Å²) in [5.41, 5.74) is 3.79. The standard InChI is InChI=1S/C19H25NO/c1-4-6-16-9-11-17(12-10-16)14(2)20-15(3)18-7-5-8-19(21)13-18/h5,7-15,20-21H,4,6H2,1-3H3. The van der Waals surface area contributed by atoms with Gasteiger partial charge in [0.05, 0.1) is 0 Å². The van der Waals surface area contributed by atoms with E-state index in [1.165, 1.54) is 17.5 Å². The summed E-state index contributed by atoms with van der Waals surface area (Å²) in [4.78, 5) is 0. The molecule has 0 saturated heterocycles. The summed E-state index contributed by atoms with van der Waals surface area (Å²) < 4.78 is 0. The van der Waals surface area contributed by atoms with Crippen molar-refractivity contribution in [2.45, 2.75) is 45.7 Å². The van der Waals surface area contributed by atoms with Crippen LogP contribution < -0.4 is 5.32 Å². The molecule has 2 N–H and O–H groups in total. The third-order valence-corrected chi connectivity index (χ3v) is 3.89. The quantitative estimate of drug-likeness (QED) is 0.801. The van der Waals surface area contributed by atoms with Crippen molar-refractivity contribution in [1.29, 1.82) is 0 Å². The average molecular weight is 283 g/mol. The number of hydrogen-bond acceptors (Lipinski definition) is 2. The molecule has 2 heteroatoms. The molecule has 2 atom stereocenters. The van der Waals surface area contributed by atoms with Gasteiger partial charge in [0.15, 0.2) is 0 Å². The van der Waals surface area contributed by atoms with E-state index in [1.807, 2.05) is 18.2 Å². The van der Waals surface area contributed by atoms with Crippen LogP contribution in [0.25, 0.3) is 0 Å². The maximum Gasteiger partial charge on any atom is 0.115 e. The smallest absolute Gasteiger partial charge is 0.115 e. The summed E-state index contributed by atoms with van der Waals surface area (Å²) in [5.74, 6) is 0.317. The van der Waals surface area contributed by atoms with Gasteiger partial charge in [0, 0.05) is 12.1 Å². The van der Waals surface area contributed by atoms with Crippen molar-refractivity contribution in [3.63, 3.8) is 0 Å². The van der Waals surface area contributed by atoms with Crippen LogP contribution in [0.4, 0.5) is 0 Å². The Bertz CT molecular complexity index is 562. The molecule has 0 bridgehead atoms. The first-order valence-electron chi connectivity index (χ1n) is 7.74. The Morgan fingerprint density at radius 2 is 1.62 bits per heavy atom. The molecule has 0 heterocycles. The largest absolute Gasteiger partial charge is 0.508 e. The van der Waals surface area contributed by atoms with E-state index in [2.05, 4.69) is 50.4 Å². The van der Waals surface area contributed by atoms with E-state index >= 15 is 0 Å². The molecular formula is C19H25NO. The van der Waals surface area contributed by atoms with Crippen LogP contribution in [0.3, 0.4) is 0 Å². The second kappa shape index (κ2) is 7.28. The highest BCUT2D eigenvalue weighted by molar-refractivity contribution is 5.30. The molecule has 0 radical (unpaired) electrons. The van der Waals surface area contributed by atoms with E-state index in [9.17, 15) is 5.11 Å². The molecule has 0 aromatic heterocycles. The van der Waals surface area contributed by atoms with Crippen LogP contribution >= 0.6 is 0 Å². The van der Waals surface area contributed by atoms with Gasteiger partial charge in [-0.25, -0.2) is 0 Å². The molecule has 0 aliphatic rings. The Hall–Kier alpha value is -1.80. The molecule has 2 nitrogen and oxygen atoms in total. The fourth-order valence-corrected chi connectivity index (χ4v) is 2.62. The zero-order valence-electron chi connectivity index (χ0n) is 13.1. The van der Waals surface area contributed by atoms with Gasteiger partial charge < -0.3 is 10.4 Å². The summed E-state index contributed by atoms with van der Waals surface area (Å²) in [6.07, 6.45) is 2.32. The van der Waals surface area contributed by atoms with Gasteiger partial charge in [0.2, 0.25) is 0 Å². The predicted octanol–water partition coefficient (Wildman–Crippen LogP) is 4.76. The lowest BCUT2D eigenvalue weighted by Gasteiger charge is -2.21. The van der Waals surface area contributed by atoms with E-state index in [-0.39, 0.29) is 12.1 Å². The van der Waals surface area contributed by atoms with Gasteiger partial charge in [0.1, 0.15) is 5.75 Å². The van der Waals surface area contributed by atoms with Gasteiger partial charge in [-0.1, -0.05) is 49.7 Å². The van der Waals surface area contributed by atoms with Crippen molar-refractivity contribution >= 4 is 0 Å². The molecule has 2 unspecified atom stereocenters. The number of nitrogens with one attached hydrogen (secondary N) is 1. The number of phenols is 1. The highest BCUT2D eigenvalue weighted by Gasteiger charge is 2.11. The Morgan fingerprint density at radius 3 is 2.24 bits per heavy atom. The molecule has 0 fully saturated rings. The van der Waals surface area contributed by atoms with Crippen molar-refractivity contribution in [3.8, 4) is 5.75 Å². The minimum absolute atomic E-state index is 0.197. The van der Waals surface area contributed by atoms with Crippen LogP contribution in [0.1, 0.15) is 56.0 Å². The molecule has 0 aliphatic heterocycles. The zero-order valence-corrected chi connectivity index (χ0v) is 13.1. The van der Waals surface area contributed by atoms with Crippen molar-refractivity contribution in [2.24, 2.45) is 0 Å². The van der Waals surface area contributed by atoms with Crippen molar-refractivity contribution in [1.82, 2.24) is 5.32 Å². The van der Waals surface area contributed by atoms with Crippen LogP contribution in [-0.2, 0) is 6.42 Å². The first-order valence-corrected chi connectivity index (χ1v) is 7.74. The molecule has 0 amide bonds. The lowest BCUT2D eigenvalue weighted by molar-refractivity contribution is 0.466. The van der Waals surface area contributed by atoms with Gasteiger partial charge in [-0.05, 0) is 49.1 Å². The van der Waals surface area contributed by atoms with Gasteiger partial charge in [-0.15, -0.1) is 0 Å². The summed E-state index contributed by atoms with van der Waals surface area (Å²) in [6, 6.07) is 16.8. The van der Waals surface area contributed by atoms with Crippen LogP contribution in [0.15, 0.2) is 48.5 Å². The third kappa shape index (κ3) is 4.33. The molecule has 2 rings (SSSR count). The van der Waals surface area contributed by atoms with E-state index in [0.29, 0.717) is 5.75 Å². The molecule has 21 heavy (non-hydrogen) atoms. The van der Waals surface area contributed by atoms with Gasteiger partial charge >= 0.3 is 0 Å². The Morgan fingerprint density at radius 1 is 0.952 bits per heavy atom. The number of rotatable bonds is 6. The van der Waals surface area contributed by atoms with Crippen LogP contribution in [0, 0.1) is 0 Å². The summed E-state index contributed by atoms with van der Waals surface area (Å²) in [5, 5.41) is 13.1. The zero-order chi connectivity index (χ0) is 15.2. The molecular weight excluding hydrogens is 258 g/mol. The van der Waals surface area contributed by atoms with Gasteiger partial charge in [0.25, 0.3) is 0 Å². The maximum atomic E-state index is 9.57. The number of phenolic OH excluding ortho intramolecular Hbond substituents is 1. The summed E-state index contributed by atoms with van der Waals surface area (Å²) in [7, 11) is 0. The second-order valence-electron chi connectivity index (χ2n) is 5.70. The van der Waals surface area contributed by atoms with Gasteiger partial charge in [-0.2, -0.15) is 0 Å². The average Bonchev–Trinajstić information content (AvgIpc) is 2.48. The highest BCUT2D eigenvalue weighted by Crippen LogP contribution is 2.22. The Kier molecular flexibility index (Phi) is 5.40. The molecule has 112 valence electrons. The van der Waals surface area contributed by atoms with Gasteiger partial charge in [-0.3, -0.25) is 0 Å². The summed E-state index contributed by atoms with van der Waals surface area (Å²) in [6.45, 7) is 6.50. The van der Waals surface area contributed by atoms with Crippen LogP contribution in [0.2, 0.25) is 0 Å². The summed E-state index contributed by atoms with van der Waals surface area (Å²) >= 11 is 0. The number of benzene rings is 2. The predicted molar refractivity (Wildman–Crippen MR) is 88.5 cm³/mol. The lowest BCUT2D eigenvalue weighted by Crippen LogP contribution is -2.22. The third-order valence-electron chi connectivity index (χ3n) is 3.89. The number of aromatic hydroxyl groups is 1. The first kappa shape index (κ1) is 15.6. The van der Waals surface area contributed by atoms with Crippen molar-refractivity contribution < 1.29 is 5.11 Å². The van der Waals surface area contributed by atoms with Crippen molar-refractivity contribution in [3.05, 3.63) is 65.2 Å². The Balaban J connectivity index is 2.01. The van der Waals surface area contributed by atoms with Crippen molar-refractivity contribution in [2.75, 3.05) is 0 Å². The normalized spacial score (nSPS) is 13.9. The van der Waals surface area contributed by atoms with E-state index in [0.717, 1.165) is 12.0 Å². The molecule has 2 aromatic rings. The molecule has 0 aliphatic carbocycles. The van der Waals surface area contributed by atoms with E-state index < -0.39 is 0 Å². The first-order chi connectivity index (χ1) is 10.1. The molecule has 0 spiro atoms. The Labute approximate surface area is 127 Å². The van der Waals surface area contributed by atoms with Crippen LogP contribution in [-0.4, -0.2) is 5.11 Å². The van der Waals surface area contributed by atoms with Crippen LogP contribution in [0.5, 0.6) is 5.75 Å². The minimum Gasteiger partial charge on any atom is -0.508 e. The monoisotopic (exact) mass is 283 g/mol. The minimum atomic E-state index is 0.197. The highest BCUT2D eigenvalue weighted by atomic mass is 16.3. The van der Waals surface area contributed by atoms with E-state index in [1.54, 1.807) is 6.07 Å². The number of hydrogen-bond donors (Lipinski definition) is 2. The molecule has 2 aromatic carbocycles. The molecule has 0 saturated carbocycles. The lowest BCUT2D eigenvalue weighted by atomic mass is 10.0. The maximum absolute atomic E-state index is 9.57. The second-order valence-corrected chi connectivity index (χ2v) is 5.70.